The maximum atomic E-state index is 14.6. The van der Waals surface area contributed by atoms with Crippen molar-refractivity contribution in [3.05, 3.63) is 29.6 Å². The molecule has 1 atom stereocenters. The minimum absolute atomic E-state index is 0.0179. The SMILES string of the molecule is O=C(O)C(F)(F)F.O=C(O)CN1CCC(c2ccc(N[C@H]3CCC(=O)NC3=O)cc2F)CC1. The first kappa shape index (κ1) is 26.0. The highest BCUT2D eigenvalue weighted by Crippen LogP contribution is 2.31. The van der Waals surface area contributed by atoms with E-state index in [9.17, 15) is 31.9 Å². The van der Waals surface area contributed by atoms with Crippen molar-refractivity contribution in [2.75, 3.05) is 25.0 Å². The quantitative estimate of drug-likeness (QED) is 0.373. The predicted molar refractivity (Wildman–Crippen MR) is 106 cm³/mol. The van der Waals surface area contributed by atoms with Crippen LogP contribution >= 0.6 is 0 Å². The molecule has 4 N–H and O–H groups in total. The van der Waals surface area contributed by atoms with E-state index in [1.54, 1.807) is 12.1 Å². The Kier molecular flexibility index (Phi) is 8.74. The molecule has 0 bridgehead atoms. The smallest absolute Gasteiger partial charge is 0.480 e. The van der Waals surface area contributed by atoms with E-state index in [2.05, 4.69) is 10.6 Å². The highest BCUT2D eigenvalue weighted by molar-refractivity contribution is 6.01. The molecule has 0 radical (unpaired) electrons. The van der Waals surface area contributed by atoms with E-state index in [0.29, 0.717) is 43.6 Å². The van der Waals surface area contributed by atoms with Gasteiger partial charge in [-0.2, -0.15) is 13.2 Å². The molecule has 2 amide bonds. The number of nitrogens with zero attached hydrogens (tertiary/aromatic N) is 1. The fraction of sp³-hybridized carbons (Fsp3) is 0.500. The van der Waals surface area contributed by atoms with Crippen molar-refractivity contribution in [1.29, 1.82) is 0 Å². The van der Waals surface area contributed by atoms with Crippen LogP contribution in [0.25, 0.3) is 0 Å². The van der Waals surface area contributed by atoms with E-state index >= 15 is 0 Å². The van der Waals surface area contributed by atoms with Crippen LogP contribution in [-0.4, -0.2) is 70.7 Å². The van der Waals surface area contributed by atoms with Gasteiger partial charge in [-0.15, -0.1) is 0 Å². The van der Waals surface area contributed by atoms with Gasteiger partial charge < -0.3 is 15.5 Å². The lowest BCUT2D eigenvalue weighted by atomic mass is 9.89. The Balaban J connectivity index is 0.000000479. The maximum Gasteiger partial charge on any atom is 0.490 e. The van der Waals surface area contributed by atoms with Gasteiger partial charge in [-0.1, -0.05) is 6.07 Å². The minimum Gasteiger partial charge on any atom is -0.480 e. The second-order valence-corrected chi connectivity index (χ2v) is 7.63. The summed E-state index contributed by atoms with van der Waals surface area (Å²) in [6, 6.07) is 4.30. The topological polar surface area (TPSA) is 136 Å². The molecule has 0 aromatic heterocycles. The molecule has 9 nitrogen and oxygen atoms in total. The number of hydrogen-bond acceptors (Lipinski definition) is 6. The van der Waals surface area contributed by atoms with Crippen molar-refractivity contribution in [2.45, 2.75) is 43.8 Å². The van der Waals surface area contributed by atoms with Gasteiger partial charge in [-0.05, 0) is 56.0 Å². The number of alkyl halides is 3. The van der Waals surface area contributed by atoms with Crippen LogP contribution in [0, 0.1) is 5.82 Å². The van der Waals surface area contributed by atoms with Crippen molar-refractivity contribution in [2.24, 2.45) is 0 Å². The highest BCUT2D eigenvalue weighted by atomic mass is 19.4. The van der Waals surface area contributed by atoms with E-state index in [4.69, 9.17) is 15.0 Å². The third-order valence-electron chi connectivity index (χ3n) is 5.21. The van der Waals surface area contributed by atoms with Crippen LogP contribution < -0.4 is 10.6 Å². The van der Waals surface area contributed by atoms with Gasteiger partial charge in [0.05, 0.1) is 6.54 Å². The molecule has 2 aliphatic heterocycles. The fourth-order valence-corrected chi connectivity index (χ4v) is 3.57. The molecule has 0 spiro atoms. The number of amides is 2. The third-order valence-corrected chi connectivity index (χ3v) is 5.21. The number of likely N-dealkylation sites (tertiary alicyclic amines) is 1. The van der Waals surface area contributed by atoms with Crippen molar-refractivity contribution < 1.29 is 47.0 Å². The van der Waals surface area contributed by atoms with Gasteiger partial charge >= 0.3 is 18.1 Å². The molecule has 0 aliphatic carbocycles. The Morgan fingerprint density at radius 1 is 1.12 bits per heavy atom. The summed E-state index contributed by atoms with van der Waals surface area (Å²) in [6.07, 6.45) is -3.01. The van der Waals surface area contributed by atoms with Crippen molar-refractivity contribution in [3.8, 4) is 0 Å². The van der Waals surface area contributed by atoms with E-state index in [-0.39, 0.29) is 30.6 Å². The third kappa shape index (κ3) is 8.00. The van der Waals surface area contributed by atoms with Gasteiger partial charge in [-0.3, -0.25) is 24.6 Å². The standard InChI is InChI=1S/C18H22FN3O4.C2HF3O2/c19-14-9-12(20-15-3-4-16(23)21-18(15)26)1-2-13(14)11-5-7-22(8-6-11)10-17(24)25;3-2(4,5)1(6)7/h1-2,9,11,15,20H,3-8,10H2,(H,24,25)(H,21,23,26);(H,6,7)/t15-;/m0./s1. The van der Waals surface area contributed by atoms with Gasteiger partial charge in [-0.25, -0.2) is 9.18 Å². The number of carboxylic acid groups (broad SMARTS) is 2. The number of carboxylic acids is 2. The highest BCUT2D eigenvalue weighted by Gasteiger charge is 2.38. The number of imide groups is 1. The summed E-state index contributed by atoms with van der Waals surface area (Å²) < 4.78 is 46.3. The molecule has 33 heavy (non-hydrogen) atoms. The van der Waals surface area contributed by atoms with Gasteiger partial charge in [0.25, 0.3) is 0 Å². The number of hydrogen-bond donors (Lipinski definition) is 4. The van der Waals surface area contributed by atoms with Gasteiger partial charge in [0, 0.05) is 12.1 Å². The zero-order valence-corrected chi connectivity index (χ0v) is 17.3. The Morgan fingerprint density at radius 2 is 1.73 bits per heavy atom. The van der Waals surface area contributed by atoms with Crippen LogP contribution in [0.2, 0.25) is 0 Å². The molecule has 2 heterocycles. The molecule has 1 aromatic rings. The minimum atomic E-state index is -5.08. The maximum absolute atomic E-state index is 14.6. The predicted octanol–water partition coefficient (Wildman–Crippen LogP) is 1.94. The lowest BCUT2D eigenvalue weighted by Crippen LogP contribution is -2.47. The summed E-state index contributed by atoms with van der Waals surface area (Å²) in [5.41, 5.74) is 1.12. The Hall–Kier alpha value is -3.22. The molecule has 13 heteroatoms. The molecule has 0 unspecified atom stereocenters. The van der Waals surface area contributed by atoms with E-state index in [0.717, 1.165) is 0 Å². The number of carbonyl (C=O) groups excluding carboxylic acids is 2. The summed E-state index contributed by atoms with van der Waals surface area (Å²) in [6.45, 7) is 1.28. The molecule has 3 rings (SSSR count). The summed E-state index contributed by atoms with van der Waals surface area (Å²) >= 11 is 0. The Morgan fingerprint density at radius 3 is 2.21 bits per heavy atom. The Bertz CT molecular complexity index is 900. The van der Waals surface area contributed by atoms with Gasteiger partial charge in [0.1, 0.15) is 11.9 Å². The van der Waals surface area contributed by atoms with Crippen LogP contribution in [0.3, 0.4) is 0 Å². The normalized spacial score (nSPS) is 19.8. The van der Waals surface area contributed by atoms with Crippen molar-refractivity contribution in [1.82, 2.24) is 10.2 Å². The lowest BCUT2D eigenvalue weighted by Gasteiger charge is -2.31. The van der Waals surface area contributed by atoms with E-state index in [1.807, 2.05) is 4.90 Å². The summed E-state index contributed by atoms with van der Waals surface area (Å²) in [5.74, 6) is -4.56. The number of rotatable bonds is 5. The number of piperidine rings is 2. The van der Waals surface area contributed by atoms with Crippen LogP contribution in [0.15, 0.2) is 18.2 Å². The molecule has 0 saturated carbocycles. The van der Waals surface area contributed by atoms with Crippen molar-refractivity contribution >= 4 is 29.4 Å². The number of aliphatic carboxylic acids is 2. The van der Waals surface area contributed by atoms with Gasteiger partial charge in [0.15, 0.2) is 0 Å². The van der Waals surface area contributed by atoms with Crippen LogP contribution in [0.4, 0.5) is 23.2 Å². The number of halogens is 4. The van der Waals surface area contributed by atoms with E-state index < -0.39 is 30.1 Å². The molecule has 182 valence electrons. The van der Waals surface area contributed by atoms with Gasteiger partial charge in [0.2, 0.25) is 11.8 Å². The largest absolute Gasteiger partial charge is 0.490 e. The van der Waals surface area contributed by atoms with Crippen LogP contribution in [-0.2, 0) is 19.2 Å². The zero-order chi connectivity index (χ0) is 24.8. The summed E-state index contributed by atoms with van der Waals surface area (Å²) in [7, 11) is 0. The monoisotopic (exact) mass is 477 g/mol. The fourth-order valence-electron chi connectivity index (χ4n) is 3.57. The zero-order valence-electron chi connectivity index (χ0n) is 17.3. The average molecular weight is 477 g/mol. The van der Waals surface area contributed by atoms with Crippen LogP contribution in [0.5, 0.6) is 0 Å². The molecule has 2 fully saturated rings. The summed E-state index contributed by atoms with van der Waals surface area (Å²) in [5, 5.41) is 21.2. The van der Waals surface area contributed by atoms with E-state index in [1.165, 1.54) is 6.07 Å². The second-order valence-electron chi connectivity index (χ2n) is 7.63. The first-order valence-corrected chi connectivity index (χ1v) is 10.0. The number of benzene rings is 1. The Labute approximate surface area is 185 Å². The molecular weight excluding hydrogens is 454 g/mol. The molecule has 2 aliphatic rings. The van der Waals surface area contributed by atoms with Crippen LogP contribution in [0.1, 0.15) is 37.2 Å². The number of carbonyl (C=O) groups is 4. The number of nitrogens with one attached hydrogen (secondary N) is 2. The first-order chi connectivity index (χ1) is 15.4. The first-order valence-electron chi connectivity index (χ1n) is 10.0. The molecule has 1 aromatic carbocycles. The average Bonchev–Trinajstić information content (AvgIpc) is 2.70. The lowest BCUT2D eigenvalue weighted by molar-refractivity contribution is -0.192. The second kappa shape index (κ2) is 11.1. The summed E-state index contributed by atoms with van der Waals surface area (Å²) in [4.78, 5) is 44.5. The molecule has 2 saturated heterocycles. The number of anilines is 1. The van der Waals surface area contributed by atoms with Crippen molar-refractivity contribution in [3.63, 3.8) is 0 Å². The molecular formula is C20H23F4N3O6.